The zero-order chi connectivity index (χ0) is 19.9. The number of thiophene rings is 2. The van der Waals surface area contributed by atoms with Crippen molar-refractivity contribution in [3.63, 3.8) is 0 Å². The van der Waals surface area contributed by atoms with Gasteiger partial charge in [-0.3, -0.25) is 14.4 Å². The average molecular weight is 415 g/mol. The van der Waals surface area contributed by atoms with E-state index in [2.05, 4.69) is 10.6 Å². The quantitative estimate of drug-likeness (QED) is 0.460. The van der Waals surface area contributed by atoms with E-state index in [9.17, 15) is 14.4 Å². The summed E-state index contributed by atoms with van der Waals surface area (Å²) in [7, 11) is 1.58. The largest absolute Gasteiger partial charge is 0.497 e. The molecule has 0 saturated carbocycles. The highest BCUT2D eigenvalue weighted by atomic mass is 32.1. The van der Waals surface area contributed by atoms with Gasteiger partial charge in [-0.05, 0) is 41.3 Å². The lowest BCUT2D eigenvalue weighted by Gasteiger charge is -2.06. The summed E-state index contributed by atoms with van der Waals surface area (Å²) in [5, 5.41) is 8.80. The van der Waals surface area contributed by atoms with Crippen LogP contribution in [-0.4, -0.2) is 24.7 Å². The van der Waals surface area contributed by atoms with Gasteiger partial charge in [0.2, 0.25) is 5.78 Å². The first-order valence-electron chi connectivity index (χ1n) is 8.41. The molecule has 2 aromatic heterocycles. The highest BCUT2D eigenvalue weighted by molar-refractivity contribution is 7.14. The van der Waals surface area contributed by atoms with E-state index in [1.54, 1.807) is 42.8 Å². The monoisotopic (exact) mass is 414 g/mol. The molecule has 8 heteroatoms. The van der Waals surface area contributed by atoms with Gasteiger partial charge >= 0.3 is 11.8 Å². The standard InChI is InChI=1S/C20H18N2O4S2/c1-26-15-4-2-13(3-5-15)10-21-19(24)20(25)22-11-16-6-7-17(28-16)18(23)14-8-9-27-12-14/h2-9,12H,10-11H2,1H3,(H,21,24)(H,22,25). The van der Waals surface area contributed by atoms with Crippen LogP contribution >= 0.6 is 22.7 Å². The van der Waals surface area contributed by atoms with Crippen LogP contribution in [0.3, 0.4) is 0 Å². The Morgan fingerprint density at radius 2 is 1.64 bits per heavy atom. The fourth-order valence-electron chi connectivity index (χ4n) is 2.38. The van der Waals surface area contributed by atoms with Crippen molar-refractivity contribution in [2.45, 2.75) is 13.1 Å². The Kier molecular flexibility index (Phi) is 6.57. The van der Waals surface area contributed by atoms with Gasteiger partial charge in [0.25, 0.3) is 0 Å². The molecule has 0 bridgehead atoms. The normalized spacial score (nSPS) is 10.3. The lowest BCUT2D eigenvalue weighted by atomic mass is 10.2. The van der Waals surface area contributed by atoms with Crippen LogP contribution in [-0.2, 0) is 22.7 Å². The number of ketones is 1. The second kappa shape index (κ2) is 9.29. The van der Waals surface area contributed by atoms with Crippen LogP contribution in [0.1, 0.15) is 25.7 Å². The Hall–Kier alpha value is -2.97. The van der Waals surface area contributed by atoms with Crippen molar-refractivity contribution in [2.75, 3.05) is 7.11 Å². The molecule has 2 N–H and O–H groups in total. The van der Waals surface area contributed by atoms with E-state index in [-0.39, 0.29) is 18.9 Å². The molecule has 0 fully saturated rings. The summed E-state index contributed by atoms with van der Waals surface area (Å²) in [5.74, 6) is -0.740. The molecular weight excluding hydrogens is 396 g/mol. The first kappa shape index (κ1) is 19.8. The second-order valence-corrected chi connectivity index (χ2v) is 7.77. The summed E-state index contributed by atoms with van der Waals surface area (Å²) in [5.41, 5.74) is 1.51. The van der Waals surface area contributed by atoms with Gasteiger partial charge < -0.3 is 15.4 Å². The number of rotatable bonds is 7. The highest BCUT2D eigenvalue weighted by Gasteiger charge is 2.15. The predicted molar refractivity (Wildman–Crippen MR) is 109 cm³/mol. The summed E-state index contributed by atoms with van der Waals surface area (Å²) >= 11 is 2.77. The molecule has 3 rings (SSSR count). The lowest BCUT2D eigenvalue weighted by molar-refractivity contribution is -0.139. The number of hydrogen-bond acceptors (Lipinski definition) is 6. The van der Waals surface area contributed by atoms with E-state index in [0.717, 1.165) is 16.2 Å². The van der Waals surface area contributed by atoms with E-state index in [0.29, 0.717) is 10.4 Å². The van der Waals surface area contributed by atoms with Crippen molar-refractivity contribution in [3.05, 3.63) is 74.1 Å². The molecule has 0 aliphatic carbocycles. The molecule has 0 spiro atoms. The molecule has 0 aliphatic rings. The Labute approximate surface area is 170 Å². The fraction of sp³-hybridized carbons (Fsp3) is 0.150. The molecule has 0 aliphatic heterocycles. The Morgan fingerprint density at radius 3 is 2.29 bits per heavy atom. The summed E-state index contributed by atoms with van der Waals surface area (Å²) < 4.78 is 5.07. The van der Waals surface area contributed by atoms with Gasteiger partial charge in [0.15, 0.2) is 0 Å². The molecule has 0 radical (unpaired) electrons. The van der Waals surface area contributed by atoms with Gasteiger partial charge in [-0.25, -0.2) is 0 Å². The van der Waals surface area contributed by atoms with Crippen LogP contribution in [0.5, 0.6) is 5.75 Å². The Balaban J connectivity index is 1.47. The maximum atomic E-state index is 12.3. The molecule has 6 nitrogen and oxygen atoms in total. The summed E-state index contributed by atoms with van der Waals surface area (Å²) in [6.07, 6.45) is 0. The first-order chi connectivity index (χ1) is 13.6. The molecule has 2 heterocycles. The zero-order valence-electron chi connectivity index (χ0n) is 15.1. The van der Waals surface area contributed by atoms with Gasteiger partial charge in [0, 0.05) is 22.4 Å². The minimum atomic E-state index is -0.715. The van der Waals surface area contributed by atoms with Crippen LogP contribution in [0, 0.1) is 0 Å². The number of nitrogens with one attached hydrogen (secondary N) is 2. The van der Waals surface area contributed by atoms with Crippen LogP contribution in [0.2, 0.25) is 0 Å². The topological polar surface area (TPSA) is 84.5 Å². The van der Waals surface area contributed by atoms with E-state index in [1.807, 2.05) is 17.5 Å². The van der Waals surface area contributed by atoms with Crippen molar-refractivity contribution in [2.24, 2.45) is 0 Å². The minimum Gasteiger partial charge on any atom is -0.497 e. The minimum absolute atomic E-state index is 0.0407. The summed E-state index contributed by atoms with van der Waals surface area (Å²) in [6, 6.07) is 12.5. The molecule has 1 aromatic carbocycles. The van der Waals surface area contributed by atoms with Crippen molar-refractivity contribution >= 4 is 40.3 Å². The van der Waals surface area contributed by atoms with Crippen LogP contribution in [0.15, 0.2) is 53.2 Å². The highest BCUT2D eigenvalue weighted by Crippen LogP contribution is 2.21. The number of methoxy groups -OCH3 is 1. The SMILES string of the molecule is COc1ccc(CNC(=O)C(=O)NCc2ccc(C(=O)c3ccsc3)s2)cc1. The predicted octanol–water partition coefficient (Wildman–Crippen LogP) is 2.98. The second-order valence-electron chi connectivity index (χ2n) is 5.82. The number of amides is 2. The number of ether oxygens (including phenoxy) is 1. The Bertz CT molecular complexity index is 963. The molecule has 2 amide bonds. The third-order valence-corrected chi connectivity index (χ3v) is 5.68. The number of benzene rings is 1. The van der Waals surface area contributed by atoms with E-state index in [1.165, 1.54) is 22.7 Å². The number of carbonyl (C=O) groups is 3. The van der Waals surface area contributed by atoms with Crippen molar-refractivity contribution in [1.29, 1.82) is 0 Å². The third-order valence-electron chi connectivity index (χ3n) is 3.91. The smallest absolute Gasteiger partial charge is 0.309 e. The zero-order valence-corrected chi connectivity index (χ0v) is 16.7. The van der Waals surface area contributed by atoms with Crippen LogP contribution < -0.4 is 15.4 Å². The molecule has 144 valence electrons. The van der Waals surface area contributed by atoms with Gasteiger partial charge in [0.1, 0.15) is 5.75 Å². The maximum absolute atomic E-state index is 12.3. The van der Waals surface area contributed by atoms with Crippen LogP contribution in [0.4, 0.5) is 0 Å². The molecule has 0 unspecified atom stereocenters. The van der Waals surface area contributed by atoms with Gasteiger partial charge in [-0.2, -0.15) is 11.3 Å². The van der Waals surface area contributed by atoms with E-state index >= 15 is 0 Å². The van der Waals surface area contributed by atoms with E-state index in [4.69, 9.17) is 4.74 Å². The number of carbonyl (C=O) groups excluding carboxylic acids is 3. The molecule has 3 aromatic rings. The Morgan fingerprint density at radius 1 is 0.929 bits per heavy atom. The number of hydrogen-bond donors (Lipinski definition) is 2. The third kappa shape index (κ3) is 5.05. The molecule has 28 heavy (non-hydrogen) atoms. The van der Waals surface area contributed by atoms with E-state index < -0.39 is 11.8 Å². The first-order valence-corrected chi connectivity index (χ1v) is 10.2. The average Bonchev–Trinajstić information content (AvgIpc) is 3.42. The van der Waals surface area contributed by atoms with Crippen LogP contribution in [0.25, 0.3) is 0 Å². The maximum Gasteiger partial charge on any atom is 0.309 e. The lowest BCUT2D eigenvalue weighted by Crippen LogP contribution is -2.39. The molecule has 0 atom stereocenters. The summed E-state index contributed by atoms with van der Waals surface area (Å²) in [4.78, 5) is 37.6. The van der Waals surface area contributed by atoms with Crippen molar-refractivity contribution < 1.29 is 19.1 Å². The van der Waals surface area contributed by atoms with Gasteiger partial charge in [-0.15, -0.1) is 11.3 Å². The molecule has 0 saturated heterocycles. The van der Waals surface area contributed by atoms with Gasteiger partial charge in [-0.1, -0.05) is 12.1 Å². The van der Waals surface area contributed by atoms with Crippen molar-refractivity contribution in [1.82, 2.24) is 10.6 Å². The summed E-state index contributed by atoms with van der Waals surface area (Å²) in [6.45, 7) is 0.435. The fourth-order valence-corrected chi connectivity index (χ4v) is 3.93. The molecular formula is C20H18N2O4S2. The van der Waals surface area contributed by atoms with Crippen molar-refractivity contribution in [3.8, 4) is 5.75 Å². The van der Waals surface area contributed by atoms with Gasteiger partial charge in [0.05, 0.1) is 18.5 Å².